The molecule has 1 heterocycles. The van der Waals surface area contributed by atoms with Crippen molar-refractivity contribution in [2.45, 2.75) is 20.5 Å². The smallest absolute Gasteiger partial charge is 0.260 e. The van der Waals surface area contributed by atoms with Crippen LogP contribution in [0.4, 0.5) is 5.69 Å². The van der Waals surface area contributed by atoms with Crippen molar-refractivity contribution >= 4 is 11.6 Å². The van der Waals surface area contributed by atoms with E-state index in [9.17, 15) is 4.79 Å². The van der Waals surface area contributed by atoms with Gasteiger partial charge in [0.25, 0.3) is 11.8 Å². The van der Waals surface area contributed by atoms with Gasteiger partial charge in [-0.25, -0.2) is 0 Å². The molecule has 0 spiro atoms. The van der Waals surface area contributed by atoms with Crippen molar-refractivity contribution in [2.24, 2.45) is 0 Å². The highest BCUT2D eigenvalue weighted by Crippen LogP contribution is 2.27. The summed E-state index contributed by atoms with van der Waals surface area (Å²) < 4.78 is 11.1. The van der Waals surface area contributed by atoms with E-state index < -0.39 is 0 Å². The van der Waals surface area contributed by atoms with Crippen molar-refractivity contribution in [3.8, 4) is 17.2 Å². The summed E-state index contributed by atoms with van der Waals surface area (Å²) in [5.41, 5.74) is 4.04. The van der Waals surface area contributed by atoms with Crippen LogP contribution < -0.4 is 10.1 Å². The van der Waals surface area contributed by atoms with E-state index in [1.54, 1.807) is 6.07 Å². The molecule has 6 nitrogen and oxygen atoms in total. The van der Waals surface area contributed by atoms with Crippen LogP contribution in [0.25, 0.3) is 11.5 Å². The van der Waals surface area contributed by atoms with E-state index in [2.05, 4.69) is 15.5 Å². The summed E-state index contributed by atoms with van der Waals surface area (Å²) in [6.07, 6.45) is 0. The summed E-state index contributed by atoms with van der Waals surface area (Å²) in [4.78, 5) is 17.1. The molecule has 0 aliphatic heterocycles. The van der Waals surface area contributed by atoms with Gasteiger partial charge < -0.3 is 14.6 Å². The Morgan fingerprint density at radius 3 is 2.53 bits per heavy atom. The highest BCUT2D eigenvalue weighted by atomic mass is 16.5. The lowest BCUT2D eigenvalue weighted by Gasteiger charge is -2.09. The standard InChI is InChI=1S/C24H21N3O3/c1-16-12-13-18(14-17(16)2)23(28)25-21-11-7-6-10-20(21)24-26-22(27-30-24)15-29-19-8-4-3-5-9-19/h3-14H,15H2,1-2H3,(H,25,28). The Balaban J connectivity index is 1.51. The Bertz CT molecular complexity index is 1170. The van der Waals surface area contributed by atoms with Gasteiger partial charge in [-0.3, -0.25) is 4.79 Å². The predicted molar refractivity (Wildman–Crippen MR) is 114 cm³/mol. The van der Waals surface area contributed by atoms with Gasteiger partial charge in [0, 0.05) is 5.56 Å². The SMILES string of the molecule is Cc1ccc(C(=O)Nc2ccccc2-c2nc(COc3ccccc3)no2)cc1C. The van der Waals surface area contributed by atoms with E-state index in [0.29, 0.717) is 28.5 Å². The largest absolute Gasteiger partial charge is 0.485 e. The number of nitrogens with zero attached hydrogens (tertiary/aromatic N) is 2. The quantitative estimate of drug-likeness (QED) is 0.483. The first-order valence-corrected chi connectivity index (χ1v) is 9.58. The summed E-state index contributed by atoms with van der Waals surface area (Å²) in [6.45, 7) is 4.18. The number of rotatable bonds is 6. The maximum absolute atomic E-state index is 12.7. The van der Waals surface area contributed by atoms with Crippen LogP contribution >= 0.6 is 0 Å². The summed E-state index contributed by atoms with van der Waals surface area (Å²) in [6, 6.07) is 22.4. The third-order valence-corrected chi connectivity index (χ3v) is 4.75. The molecular formula is C24H21N3O3. The van der Waals surface area contributed by atoms with Gasteiger partial charge >= 0.3 is 0 Å². The average Bonchev–Trinajstić information content (AvgIpc) is 3.24. The second-order valence-corrected chi connectivity index (χ2v) is 6.92. The van der Waals surface area contributed by atoms with Gasteiger partial charge in [-0.15, -0.1) is 0 Å². The highest BCUT2D eigenvalue weighted by Gasteiger charge is 2.16. The molecule has 4 aromatic rings. The first kappa shape index (κ1) is 19.4. The normalized spacial score (nSPS) is 10.6. The number of aryl methyl sites for hydroxylation is 2. The van der Waals surface area contributed by atoms with E-state index in [4.69, 9.17) is 9.26 Å². The Kier molecular flexibility index (Phi) is 5.57. The van der Waals surface area contributed by atoms with Gasteiger partial charge in [-0.1, -0.05) is 41.6 Å². The number of carbonyl (C=O) groups is 1. The molecule has 0 atom stereocenters. The van der Waals surface area contributed by atoms with Gasteiger partial charge in [-0.05, 0) is 61.4 Å². The van der Waals surface area contributed by atoms with Gasteiger partial charge in [0.05, 0.1) is 11.3 Å². The molecule has 3 aromatic carbocycles. The molecule has 0 bridgehead atoms. The molecule has 4 rings (SSSR count). The molecule has 0 aliphatic rings. The zero-order valence-electron chi connectivity index (χ0n) is 16.8. The fourth-order valence-corrected chi connectivity index (χ4v) is 2.94. The molecule has 30 heavy (non-hydrogen) atoms. The highest BCUT2D eigenvalue weighted by molar-refractivity contribution is 6.06. The summed E-state index contributed by atoms with van der Waals surface area (Å²) >= 11 is 0. The molecule has 150 valence electrons. The Labute approximate surface area is 174 Å². The predicted octanol–water partition coefficient (Wildman–Crippen LogP) is 5.18. The number of para-hydroxylation sites is 2. The van der Waals surface area contributed by atoms with Crippen LogP contribution in [0.3, 0.4) is 0 Å². The number of hydrogen-bond donors (Lipinski definition) is 1. The molecule has 0 radical (unpaired) electrons. The van der Waals surface area contributed by atoms with Crippen molar-refractivity contribution in [3.05, 3.63) is 95.3 Å². The summed E-state index contributed by atoms with van der Waals surface area (Å²) in [7, 11) is 0. The average molecular weight is 399 g/mol. The lowest BCUT2D eigenvalue weighted by Crippen LogP contribution is -2.13. The van der Waals surface area contributed by atoms with Crippen LogP contribution in [-0.2, 0) is 6.61 Å². The Hall–Kier alpha value is -3.93. The zero-order chi connectivity index (χ0) is 20.9. The first-order chi connectivity index (χ1) is 14.6. The minimum atomic E-state index is -0.197. The second kappa shape index (κ2) is 8.61. The fourth-order valence-electron chi connectivity index (χ4n) is 2.94. The monoisotopic (exact) mass is 399 g/mol. The maximum Gasteiger partial charge on any atom is 0.260 e. The Morgan fingerprint density at radius 1 is 0.967 bits per heavy atom. The number of aromatic nitrogens is 2. The minimum Gasteiger partial charge on any atom is -0.485 e. The van der Waals surface area contributed by atoms with Crippen molar-refractivity contribution in [3.63, 3.8) is 0 Å². The molecule has 0 fully saturated rings. The number of benzene rings is 3. The van der Waals surface area contributed by atoms with Crippen LogP contribution in [0, 0.1) is 13.8 Å². The Morgan fingerprint density at radius 2 is 1.73 bits per heavy atom. The maximum atomic E-state index is 12.7. The van der Waals surface area contributed by atoms with E-state index in [1.165, 1.54) is 0 Å². The molecule has 1 N–H and O–H groups in total. The number of amides is 1. The van der Waals surface area contributed by atoms with Gasteiger partial charge in [-0.2, -0.15) is 4.98 Å². The summed E-state index contributed by atoms with van der Waals surface area (Å²) in [5.74, 6) is 1.27. The van der Waals surface area contributed by atoms with E-state index in [-0.39, 0.29) is 12.5 Å². The van der Waals surface area contributed by atoms with E-state index in [0.717, 1.165) is 16.9 Å². The fraction of sp³-hybridized carbons (Fsp3) is 0.125. The lowest BCUT2D eigenvalue weighted by atomic mass is 10.1. The molecule has 0 saturated heterocycles. The van der Waals surface area contributed by atoms with Crippen LogP contribution in [0.1, 0.15) is 27.3 Å². The number of ether oxygens (including phenoxy) is 1. The first-order valence-electron chi connectivity index (χ1n) is 9.58. The van der Waals surface area contributed by atoms with Crippen LogP contribution in [0.15, 0.2) is 77.3 Å². The molecular weight excluding hydrogens is 378 g/mol. The minimum absolute atomic E-state index is 0.185. The number of anilines is 1. The molecule has 0 aliphatic carbocycles. The molecule has 1 aromatic heterocycles. The van der Waals surface area contributed by atoms with Gasteiger partial charge in [0.2, 0.25) is 5.82 Å². The molecule has 0 saturated carbocycles. The number of hydrogen-bond acceptors (Lipinski definition) is 5. The third kappa shape index (κ3) is 4.38. The van der Waals surface area contributed by atoms with Gasteiger partial charge in [0.15, 0.2) is 6.61 Å². The molecule has 0 unspecified atom stereocenters. The summed E-state index contributed by atoms with van der Waals surface area (Å²) in [5, 5.41) is 6.92. The van der Waals surface area contributed by atoms with E-state index >= 15 is 0 Å². The van der Waals surface area contributed by atoms with Crippen LogP contribution in [0.5, 0.6) is 5.75 Å². The second-order valence-electron chi connectivity index (χ2n) is 6.92. The molecule has 1 amide bonds. The van der Waals surface area contributed by atoms with Crippen LogP contribution in [0.2, 0.25) is 0 Å². The van der Waals surface area contributed by atoms with E-state index in [1.807, 2.05) is 80.6 Å². The van der Waals surface area contributed by atoms with Gasteiger partial charge in [0.1, 0.15) is 5.75 Å². The third-order valence-electron chi connectivity index (χ3n) is 4.75. The van der Waals surface area contributed by atoms with Crippen molar-refractivity contribution < 1.29 is 14.1 Å². The van der Waals surface area contributed by atoms with Crippen LogP contribution in [-0.4, -0.2) is 16.0 Å². The zero-order valence-corrected chi connectivity index (χ0v) is 16.8. The number of nitrogens with one attached hydrogen (secondary N) is 1. The van der Waals surface area contributed by atoms with Crippen molar-refractivity contribution in [2.75, 3.05) is 5.32 Å². The number of carbonyl (C=O) groups excluding carboxylic acids is 1. The van der Waals surface area contributed by atoms with Crippen molar-refractivity contribution in [1.82, 2.24) is 10.1 Å². The topological polar surface area (TPSA) is 77.2 Å². The lowest BCUT2D eigenvalue weighted by molar-refractivity contribution is 0.102. The van der Waals surface area contributed by atoms with Crippen molar-refractivity contribution in [1.29, 1.82) is 0 Å². The molecule has 6 heteroatoms.